The molecule has 0 heterocycles. The zero-order valence-corrected chi connectivity index (χ0v) is 20.4. The van der Waals surface area contributed by atoms with Crippen LogP contribution in [0.2, 0.25) is 0 Å². The van der Waals surface area contributed by atoms with Crippen LogP contribution in [0.25, 0.3) is 0 Å². The van der Waals surface area contributed by atoms with Gasteiger partial charge in [-0.1, -0.05) is 60.7 Å². The maximum Gasteiger partial charge on any atom is 0.408 e. The van der Waals surface area contributed by atoms with Gasteiger partial charge in [-0.2, -0.15) is 0 Å². The average Bonchev–Trinajstić information content (AvgIpc) is 2.81. The van der Waals surface area contributed by atoms with Gasteiger partial charge >= 0.3 is 12.1 Å². The summed E-state index contributed by atoms with van der Waals surface area (Å²) in [7, 11) is 1.24. The fourth-order valence-corrected chi connectivity index (χ4v) is 3.56. The number of amides is 1. The van der Waals surface area contributed by atoms with Crippen molar-refractivity contribution in [2.75, 3.05) is 20.3 Å². The fourth-order valence-electron chi connectivity index (χ4n) is 3.56. The standard InChI is InChI=1S/C27H35NO6/c1-27(2,3)34-26(31)28-24(25(30)32-4)19-33-18-23(16-21-13-9-6-10-14-21)22(17-29)15-20-11-7-5-8-12-20/h5-14,17,22-24H,15-16,18-19H2,1-4H3,(H,28,31)/t22-,23-,24?/m0/s1. The van der Waals surface area contributed by atoms with Gasteiger partial charge in [0.2, 0.25) is 0 Å². The number of carbonyl (C=O) groups is 3. The Hall–Kier alpha value is -3.19. The summed E-state index contributed by atoms with van der Waals surface area (Å²) in [5.41, 5.74) is 1.45. The molecule has 0 aliphatic carbocycles. The van der Waals surface area contributed by atoms with E-state index in [1.54, 1.807) is 20.8 Å². The van der Waals surface area contributed by atoms with Crippen LogP contribution >= 0.6 is 0 Å². The summed E-state index contributed by atoms with van der Waals surface area (Å²) in [5.74, 6) is -1.04. The predicted molar refractivity (Wildman–Crippen MR) is 129 cm³/mol. The average molecular weight is 470 g/mol. The maximum absolute atomic E-state index is 12.2. The third kappa shape index (κ3) is 9.75. The lowest BCUT2D eigenvalue weighted by Crippen LogP contribution is -2.47. The van der Waals surface area contributed by atoms with E-state index in [0.717, 1.165) is 17.4 Å². The highest BCUT2D eigenvalue weighted by atomic mass is 16.6. The number of hydrogen-bond donors (Lipinski definition) is 1. The topological polar surface area (TPSA) is 90.9 Å². The molecule has 7 nitrogen and oxygen atoms in total. The molecule has 2 rings (SSSR count). The number of alkyl carbamates (subject to hydrolysis) is 1. The molecule has 0 aliphatic heterocycles. The minimum Gasteiger partial charge on any atom is -0.467 e. The van der Waals surface area contributed by atoms with Crippen molar-refractivity contribution in [2.45, 2.75) is 45.3 Å². The second-order valence-corrected chi connectivity index (χ2v) is 9.20. The molecule has 2 aromatic rings. The first-order valence-corrected chi connectivity index (χ1v) is 11.4. The van der Waals surface area contributed by atoms with Crippen molar-refractivity contribution in [2.24, 2.45) is 11.8 Å². The van der Waals surface area contributed by atoms with Crippen molar-refractivity contribution in [3.8, 4) is 0 Å². The first-order chi connectivity index (χ1) is 16.2. The van der Waals surface area contributed by atoms with E-state index in [2.05, 4.69) is 5.32 Å². The van der Waals surface area contributed by atoms with Crippen LogP contribution in [0.15, 0.2) is 60.7 Å². The number of rotatable bonds is 12. The van der Waals surface area contributed by atoms with Crippen molar-refractivity contribution in [1.29, 1.82) is 0 Å². The monoisotopic (exact) mass is 469 g/mol. The summed E-state index contributed by atoms with van der Waals surface area (Å²) in [5, 5.41) is 2.50. The van der Waals surface area contributed by atoms with E-state index in [4.69, 9.17) is 14.2 Å². The van der Waals surface area contributed by atoms with Gasteiger partial charge in [-0.25, -0.2) is 9.59 Å². The van der Waals surface area contributed by atoms with Crippen LogP contribution in [0.1, 0.15) is 31.9 Å². The zero-order chi connectivity index (χ0) is 25.0. The third-order valence-electron chi connectivity index (χ3n) is 5.23. The molecule has 0 spiro atoms. The normalized spacial score (nSPS) is 13.9. The van der Waals surface area contributed by atoms with E-state index < -0.39 is 23.7 Å². The second-order valence-electron chi connectivity index (χ2n) is 9.20. The Morgan fingerprint density at radius 1 is 0.912 bits per heavy atom. The van der Waals surface area contributed by atoms with E-state index in [1.165, 1.54) is 7.11 Å². The van der Waals surface area contributed by atoms with Crippen molar-refractivity contribution >= 4 is 18.3 Å². The number of carbonyl (C=O) groups excluding carboxylic acids is 3. The molecular weight excluding hydrogens is 434 g/mol. The summed E-state index contributed by atoms with van der Waals surface area (Å²) >= 11 is 0. The van der Waals surface area contributed by atoms with Gasteiger partial charge in [-0.15, -0.1) is 0 Å². The molecule has 0 saturated carbocycles. The third-order valence-corrected chi connectivity index (χ3v) is 5.23. The Kier molecular flexibility index (Phi) is 10.7. The van der Waals surface area contributed by atoms with Crippen LogP contribution in [0, 0.1) is 11.8 Å². The minimum atomic E-state index is -1.03. The van der Waals surface area contributed by atoms with E-state index >= 15 is 0 Å². The first kappa shape index (κ1) is 27.1. The molecule has 7 heteroatoms. The molecular formula is C27H35NO6. The number of methoxy groups -OCH3 is 1. The SMILES string of the molecule is COC(=O)C(COC[C@H](Cc1ccccc1)[C@H](C=O)Cc1ccccc1)NC(=O)OC(C)(C)C. The minimum absolute atomic E-state index is 0.103. The van der Waals surface area contributed by atoms with Crippen LogP contribution < -0.4 is 5.32 Å². The van der Waals surface area contributed by atoms with Crippen LogP contribution in [-0.2, 0) is 36.6 Å². The summed E-state index contributed by atoms with van der Waals surface area (Å²) in [6.45, 7) is 5.33. The van der Waals surface area contributed by atoms with E-state index in [9.17, 15) is 14.4 Å². The van der Waals surface area contributed by atoms with Gasteiger partial charge in [0.1, 0.15) is 11.9 Å². The number of nitrogens with one attached hydrogen (secondary N) is 1. The van der Waals surface area contributed by atoms with Crippen LogP contribution in [0.3, 0.4) is 0 Å². The zero-order valence-electron chi connectivity index (χ0n) is 20.4. The van der Waals surface area contributed by atoms with Gasteiger partial charge in [0, 0.05) is 5.92 Å². The predicted octanol–water partition coefficient (Wildman–Crippen LogP) is 3.99. The Bertz CT molecular complexity index is 894. The van der Waals surface area contributed by atoms with Gasteiger partial charge in [0.05, 0.1) is 20.3 Å². The van der Waals surface area contributed by atoms with Crippen LogP contribution in [-0.4, -0.2) is 50.3 Å². The summed E-state index contributed by atoms with van der Waals surface area (Å²) in [4.78, 5) is 36.4. The van der Waals surface area contributed by atoms with Gasteiger partial charge < -0.3 is 24.3 Å². The number of aldehydes is 1. The molecule has 184 valence electrons. The highest BCUT2D eigenvalue weighted by molar-refractivity contribution is 5.81. The molecule has 2 aromatic carbocycles. The molecule has 3 atom stereocenters. The highest BCUT2D eigenvalue weighted by Gasteiger charge is 2.27. The maximum atomic E-state index is 12.2. The van der Waals surface area contributed by atoms with Gasteiger partial charge in [0.15, 0.2) is 6.04 Å². The van der Waals surface area contributed by atoms with Crippen molar-refractivity contribution in [1.82, 2.24) is 5.32 Å². The van der Waals surface area contributed by atoms with Gasteiger partial charge in [0.25, 0.3) is 0 Å². The van der Waals surface area contributed by atoms with E-state index in [-0.39, 0.29) is 25.0 Å². The molecule has 0 aliphatic rings. The lowest BCUT2D eigenvalue weighted by atomic mass is 9.84. The molecule has 0 radical (unpaired) electrons. The Morgan fingerprint density at radius 3 is 1.97 bits per heavy atom. The van der Waals surface area contributed by atoms with E-state index in [0.29, 0.717) is 12.8 Å². The van der Waals surface area contributed by atoms with E-state index in [1.807, 2.05) is 60.7 Å². The van der Waals surface area contributed by atoms with Crippen molar-refractivity contribution in [3.05, 3.63) is 71.8 Å². The number of esters is 1. The summed E-state index contributed by atoms with van der Waals surface area (Å²) in [6.07, 6.45) is 1.46. The molecule has 1 amide bonds. The molecule has 0 bridgehead atoms. The highest BCUT2D eigenvalue weighted by Crippen LogP contribution is 2.21. The van der Waals surface area contributed by atoms with Crippen LogP contribution in [0.5, 0.6) is 0 Å². The quantitative estimate of drug-likeness (QED) is 0.373. The summed E-state index contributed by atoms with van der Waals surface area (Å²) < 4.78 is 15.9. The summed E-state index contributed by atoms with van der Waals surface area (Å²) in [6, 6.07) is 18.7. The van der Waals surface area contributed by atoms with Crippen LogP contribution in [0.4, 0.5) is 4.79 Å². The molecule has 0 fully saturated rings. The smallest absolute Gasteiger partial charge is 0.408 e. The molecule has 1 N–H and O–H groups in total. The lowest BCUT2D eigenvalue weighted by Gasteiger charge is -2.25. The molecule has 1 unspecified atom stereocenters. The fraction of sp³-hybridized carbons (Fsp3) is 0.444. The van der Waals surface area contributed by atoms with Gasteiger partial charge in [-0.3, -0.25) is 0 Å². The Labute approximate surface area is 201 Å². The Morgan fingerprint density at radius 2 is 1.47 bits per heavy atom. The largest absolute Gasteiger partial charge is 0.467 e. The first-order valence-electron chi connectivity index (χ1n) is 11.4. The van der Waals surface area contributed by atoms with Gasteiger partial charge in [-0.05, 0) is 50.7 Å². The number of hydrogen-bond acceptors (Lipinski definition) is 6. The lowest BCUT2D eigenvalue weighted by molar-refractivity contribution is -0.145. The van der Waals surface area contributed by atoms with Crippen molar-refractivity contribution < 1.29 is 28.6 Å². The second kappa shape index (κ2) is 13.5. The number of benzene rings is 2. The molecule has 0 saturated heterocycles. The van der Waals surface area contributed by atoms with Crippen molar-refractivity contribution in [3.63, 3.8) is 0 Å². The molecule has 34 heavy (non-hydrogen) atoms. The molecule has 0 aromatic heterocycles. The number of ether oxygens (including phenoxy) is 3. The Balaban J connectivity index is 2.08.